The van der Waals surface area contributed by atoms with Gasteiger partial charge >= 0.3 is 6.18 Å². The molecule has 2 aromatic rings. The van der Waals surface area contributed by atoms with E-state index in [-0.39, 0.29) is 29.9 Å². The number of amides is 2. The molecule has 220 valence electrons. The number of nitrogens with zero attached hydrogens (tertiary/aromatic N) is 2. The summed E-state index contributed by atoms with van der Waals surface area (Å²) in [5, 5.41) is 2.71. The van der Waals surface area contributed by atoms with Gasteiger partial charge in [-0.25, -0.2) is 8.42 Å². The quantitative estimate of drug-likeness (QED) is 0.390. The van der Waals surface area contributed by atoms with Crippen LogP contribution in [0.4, 0.5) is 18.9 Å². The number of anilines is 1. The van der Waals surface area contributed by atoms with E-state index in [0.29, 0.717) is 21.7 Å². The van der Waals surface area contributed by atoms with Crippen molar-refractivity contribution >= 4 is 39.1 Å². The molecule has 0 heterocycles. The summed E-state index contributed by atoms with van der Waals surface area (Å²) >= 11 is 6.13. The van der Waals surface area contributed by atoms with Crippen LogP contribution in [0.1, 0.15) is 50.2 Å². The summed E-state index contributed by atoms with van der Waals surface area (Å²) in [6, 6.07) is 8.06. The molecule has 2 aromatic carbocycles. The molecule has 1 aliphatic carbocycles. The molecule has 1 saturated carbocycles. The van der Waals surface area contributed by atoms with Crippen molar-refractivity contribution in [3.8, 4) is 5.75 Å². The molecule has 0 radical (unpaired) electrons. The molecule has 0 spiro atoms. The Balaban J connectivity index is 1.99. The smallest absolute Gasteiger partial charge is 0.416 e. The lowest BCUT2D eigenvalue weighted by Gasteiger charge is -2.33. The molecule has 0 unspecified atom stereocenters. The monoisotopic (exact) mass is 603 g/mol. The van der Waals surface area contributed by atoms with E-state index < -0.39 is 45.9 Å². The van der Waals surface area contributed by atoms with Gasteiger partial charge in [0.25, 0.3) is 0 Å². The van der Waals surface area contributed by atoms with Gasteiger partial charge < -0.3 is 15.0 Å². The molecule has 1 aliphatic rings. The van der Waals surface area contributed by atoms with Gasteiger partial charge in [-0.1, -0.05) is 43.5 Å². The van der Waals surface area contributed by atoms with Crippen molar-refractivity contribution in [1.29, 1.82) is 0 Å². The minimum Gasteiger partial charge on any atom is -0.497 e. The number of rotatable bonds is 11. The fourth-order valence-corrected chi connectivity index (χ4v) is 5.81. The summed E-state index contributed by atoms with van der Waals surface area (Å²) in [6.45, 7) is 0.821. The molecule has 1 atom stereocenters. The fourth-order valence-electron chi connectivity index (χ4n) is 4.69. The standard InChI is InChI=1S/C27H33ClF3N3O5S/c1-4-23(26(36)32-20-7-5-6-8-20)33(16-18-9-12-21(39-2)13-10-18)25(35)17-34(40(3,37)38)24-15-19(27(29,30)31)11-14-22(24)28/h9-15,20,23H,4-8,16-17H2,1-3H3,(H,32,36)/t23-/m1/s1. The lowest BCUT2D eigenvalue weighted by Crippen LogP contribution is -2.53. The largest absolute Gasteiger partial charge is 0.497 e. The highest BCUT2D eigenvalue weighted by Gasteiger charge is 2.35. The predicted octanol–water partition coefficient (Wildman–Crippen LogP) is 5.00. The number of benzene rings is 2. The number of hydrogen-bond donors (Lipinski definition) is 1. The SMILES string of the molecule is CC[C@H](C(=O)NC1CCCC1)N(Cc1ccc(OC)cc1)C(=O)CN(c1cc(C(F)(F)F)ccc1Cl)S(C)(=O)=O. The van der Waals surface area contributed by atoms with Gasteiger partial charge in [0.15, 0.2) is 0 Å². The van der Waals surface area contributed by atoms with Crippen LogP contribution in [0.3, 0.4) is 0 Å². The van der Waals surface area contributed by atoms with Gasteiger partial charge in [0.05, 0.1) is 29.6 Å². The Bertz CT molecular complexity index is 1300. The highest BCUT2D eigenvalue weighted by Crippen LogP contribution is 2.36. The van der Waals surface area contributed by atoms with Gasteiger partial charge in [0.1, 0.15) is 18.3 Å². The number of nitrogens with one attached hydrogen (secondary N) is 1. The molecule has 1 N–H and O–H groups in total. The molecule has 0 aliphatic heterocycles. The number of hydrogen-bond acceptors (Lipinski definition) is 5. The van der Waals surface area contributed by atoms with Crippen molar-refractivity contribution in [2.45, 2.75) is 63.8 Å². The van der Waals surface area contributed by atoms with E-state index in [1.54, 1.807) is 31.2 Å². The van der Waals surface area contributed by atoms with E-state index >= 15 is 0 Å². The molecule has 1 fully saturated rings. The second kappa shape index (κ2) is 13.1. The van der Waals surface area contributed by atoms with Crippen molar-refractivity contribution in [3.05, 3.63) is 58.6 Å². The molecular formula is C27H33ClF3N3O5S. The fraction of sp³-hybridized carbons (Fsp3) is 0.481. The van der Waals surface area contributed by atoms with Gasteiger partial charge in [-0.15, -0.1) is 0 Å². The van der Waals surface area contributed by atoms with Crippen molar-refractivity contribution in [1.82, 2.24) is 10.2 Å². The van der Waals surface area contributed by atoms with E-state index in [1.807, 2.05) is 0 Å². The normalized spacial score (nSPS) is 15.0. The first-order valence-electron chi connectivity index (χ1n) is 12.8. The second-order valence-corrected chi connectivity index (χ2v) is 12.0. The summed E-state index contributed by atoms with van der Waals surface area (Å²) < 4.78 is 71.5. The van der Waals surface area contributed by atoms with Gasteiger partial charge in [-0.05, 0) is 55.2 Å². The molecule has 13 heteroatoms. The number of halogens is 4. The van der Waals surface area contributed by atoms with Crippen molar-refractivity contribution in [3.63, 3.8) is 0 Å². The van der Waals surface area contributed by atoms with E-state index in [1.165, 1.54) is 12.0 Å². The molecule has 8 nitrogen and oxygen atoms in total. The Hall–Kier alpha value is -2.99. The first-order chi connectivity index (χ1) is 18.7. The van der Waals surface area contributed by atoms with Crippen molar-refractivity contribution < 1.29 is 35.9 Å². The van der Waals surface area contributed by atoms with Crippen LogP contribution in [-0.2, 0) is 32.3 Å². The number of ether oxygens (including phenoxy) is 1. The topological polar surface area (TPSA) is 96.0 Å². The Kier molecular flexibility index (Phi) is 10.3. The van der Waals surface area contributed by atoms with Crippen LogP contribution >= 0.6 is 11.6 Å². The molecule has 2 amide bonds. The maximum Gasteiger partial charge on any atom is 0.416 e. The Morgan fingerprint density at radius 3 is 2.27 bits per heavy atom. The first-order valence-corrected chi connectivity index (χ1v) is 15.0. The maximum atomic E-state index is 13.8. The molecular weight excluding hydrogens is 571 g/mol. The van der Waals surface area contributed by atoms with Gasteiger partial charge in [-0.2, -0.15) is 13.2 Å². The van der Waals surface area contributed by atoms with Crippen LogP contribution in [0.25, 0.3) is 0 Å². The van der Waals surface area contributed by atoms with E-state index in [9.17, 15) is 31.2 Å². The zero-order chi connectivity index (χ0) is 29.7. The number of carbonyl (C=O) groups excluding carboxylic acids is 2. The van der Waals surface area contributed by atoms with Crippen LogP contribution in [0, 0.1) is 0 Å². The van der Waals surface area contributed by atoms with Gasteiger partial charge in [0.2, 0.25) is 21.8 Å². The lowest BCUT2D eigenvalue weighted by atomic mass is 10.1. The highest BCUT2D eigenvalue weighted by molar-refractivity contribution is 7.92. The average molecular weight is 604 g/mol. The number of alkyl halides is 3. The number of methoxy groups -OCH3 is 1. The molecule has 0 bridgehead atoms. The van der Waals surface area contributed by atoms with Crippen LogP contribution in [0.5, 0.6) is 5.75 Å². The van der Waals surface area contributed by atoms with Crippen molar-refractivity contribution in [2.75, 3.05) is 24.2 Å². The third-order valence-corrected chi connectivity index (χ3v) is 8.27. The van der Waals surface area contributed by atoms with Crippen LogP contribution in [-0.4, -0.2) is 57.1 Å². The van der Waals surface area contributed by atoms with E-state index in [4.69, 9.17) is 16.3 Å². The summed E-state index contributed by atoms with van der Waals surface area (Å²) in [5.41, 5.74) is -0.963. The predicted molar refractivity (Wildman–Crippen MR) is 147 cm³/mol. The van der Waals surface area contributed by atoms with E-state index in [0.717, 1.165) is 44.1 Å². The van der Waals surface area contributed by atoms with Crippen LogP contribution in [0.2, 0.25) is 5.02 Å². The maximum absolute atomic E-state index is 13.8. The zero-order valence-corrected chi connectivity index (χ0v) is 24.1. The molecule has 3 rings (SSSR count). The minimum absolute atomic E-state index is 0.0177. The molecule has 0 aromatic heterocycles. The molecule has 0 saturated heterocycles. The zero-order valence-electron chi connectivity index (χ0n) is 22.5. The van der Waals surface area contributed by atoms with Crippen molar-refractivity contribution in [2.24, 2.45) is 0 Å². The third kappa shape index (κ3) is 8.03. The summed E-state index contributed by atoms with van der Waals surface area (Å²) in [5.74, 6) is -0.572. The second-order valence-electron chi connectivity index (χ2n) is 9.72. The molecule has 40 heavy (non-hydrogen) atoms. The van der Waals surface area contributed by atoms with Crippen LogP contribution < -0.4 is 14.4 Å². The van der Waals surface area contributed by atoms with E-state index in [2.05, 4.69) is 5.32 Å². The Labute approximate surface area is 237 Å². The average Bonchev–Trinajstić information content (AvgIpc) is 3.39. The first kappa shape index (κ1) is 31.5. The third-order valence-electron chi connectivity index (χ3n) is 6.82. The summed E-state index contributed by atoms with van der Waals surface area (Å²) in [7, 11) is -2.76. The minimum atomic E-state index is -4.77. The van der Waals surface area contributed by atoms with Gasteiger partial charge in [-0.3, -0.25) is 13.9 Å². The Morgan fingerprint density at radius 1 is 1.12 bits per heavy atom. The number of carbonyl (C=O) groups is 2. The number of sulfonamides is 1. The van der Waals surface area contributed by atoms with Crippen LogP contribution in [0.15, 0.2) is 42.5 Å². The summed E-state index contributed by atoms with van der Waals surface area (Å²) in [6.07, 6.45) is -0.152. The summed E-state index contributed by atoms with van der Waals surface area (Å²) in [4.78, 5) is 28.4. The van der Waals surface area contributed by atoms with Gasteiger partial charge in [0, 0.05) is 12.6 Å². The lowest BCUT2D eigenvalue weighted by molar-refractivity contribution is -0.140. The highest BCUT2D eigenvalue weighted by atomic mass is 35.5. The Morgan fingerprint density at radius 2 is 1.75 bits per heavy atom.